The molecule has 1 amide bonds. The molecular formula is C24H22F3N5O3. The zero-order valence-electron chi connectivity index (χ0n) is 18.6. The van der Waals surface area contributed by atoms with Gasteiger partial charge in [-0.25, -0.2) is 4.68 Å². The fraction of sp³-hybridized carbons (Fsp3) is 0.333. The van der Waals surface area contributed by atoms with Crippen molar-refractivity contribution in [2.45, 2.75) is 24.9 Å². The molecule has 11 heteroatoms. The number of hydrogen-bond donors (Lipinski definition) is 0. The standard InChI is InChI=1S/C24H22F3N5O3/c25-24(26,27)17-8-9-20(21(14-17)32(34)35)29-10-12-30(13-11-29)23(33)22-15-19(16-6-7-16)28-31(22)18-4-2-1-3-5-18/h1-5,8-9,14-16H,6-7,10-13H2. The Balaban J connectivity index is 1.35. The molecule has 1 saturated carbocycles. The molecule has 2 aromatic carbocycles. The van der Waals surface area contributed by atoms with Crippen molar-refractivity contribution < 1.29 is 22.9 Å². The van der Waals surface area contributed by atoms with Crippen LogP contribution in [0.4, 0.5) is 24.5 Å². The normalized spacial score (nSPS) is 16.4. The maximum Gasteiger partial charge on any atom is 0.416 e. The Kier molecular flexibility index (Phi) is 5.70. The first-order valence-corrected chi connectivity index (χ1v) is 11.3. The van der Waals surface area contributed by atoms with E-state index in [2.05, 4.69) is 5.10 Å². The van der Waals surface area contributed by atoms with Gasteiger partial charge in [0, 0.05) is 38.2 Å². The number of hydrogen-bond acceptors (Lipinski definition) is 5. The molecule has 0 unspecified atom stereocenters. The molecule has 35 heavy (non-hydrogen) atoms. The summed E-state index contributed by atoms with van der Waals surface area (Å²) in [6.45, 7) is 1.06. The van der Waals surface area contributed by atoms with Crippen LogP contribution in [0, 0.1) is 10.1 Å². The molecule has 0 radical (unpaired) electrons. The molecule has 3 aromatic rings. The SMILES string of the molecule is O=C(c1cc(C2CC2)nn1-c1ccccc1)N1CCN(c2ccc(C(F)(F)F)cc2[N+](=O)[O-])CC1. The molecule has 2 heterocycles. The predicted octanol–water partition coefficient (Wildman–Crippen LogP) is 4.64. The molecule has 182 valence electrons. The van der Waals surface area contributed by atoms with Crippen LogP contribution < -0.4 is 4.90 Å². The van der Waals surface area contributed by atoms with Crippen molar-refractivity contribution in [2.75, 3.05) is 31.1 Å². The number of benzene rings is 2. The second kappa shape index (κ2) is 8.71. The smallest absolute Gasteiger partial charge is 0.362 e. The Morgan fingerprint density at radius 1 is 1.00 bits per heavy atom. The summed E-state index contributed by atoms with van der Waals surface area (Å²) >= 11 is 0. The minimum atomic E-state index is -4.67. The van der Waals surface area contributed by atoms with Gasteiger partial charge in [0.1, 0.15) is 11.4 Å². The maximum atomic E-state index is 13.4. The van der Waals surface area contributed by atoms with Crippen molar-refractivity contribution in [1.82, 2.24) is 14.7 Å². The highest BCUT2D eigenvalue weighted by Gasteiger charge is 2.35. The lowest BCUT2D eigenvalue weighted by Gasteiger charge is -2.35. The lowest BCUT2D eigenvalue weighted by molar-refractivity contribution is -0.384. The molecule has 0 N–H and O–H groups in total. The van der Waals surface area contributed by atoms with Crippen molar-refractivity contribution in [3.8, 4) is 5.69 Å². The van der Waals surface area contributed by atoms with E-state index in [1.165, 1.54) is 0 Å². The molecule has 1 aliphatic carbocycles. The van der Waals surface area contributed by atoms with Gasteiger partial charge < -0.3 is 9.80 Å². The number of carbonyl (C=O) groups excluding carboxylic acids is 1. The molecular weight excluding hydrogens is 463 g/mol. The van der Waals surface area contributed by atoms with Gasteiger partial charge in [-0.3, -0.25) is 14.9 Å². The Bertz CT molecular complexity index is 1260. The van der Waals surface area contributed by atoms with Crippen LogP contribution in [0.2, 0.25) is 0 Å². The van der Waals surface area contributed by atoms with Crippen molar-refractivity contribution in [2.24, 2.45) is 0 Å². The highest BCUT2D eigenvalue weighted by Crippen LogP contribution is 2.40. The summed E-state index contributed by atoms with van der Waals surface area (Å²) in [5, 5.41) is 16.1. The fourth-order valence-corrected chi connectivity index (χ4v) is 4.32. The largest absolute Gasteiger partial charge is 0.416 e. The van der Waals surface area contributed by atoms with E-state index in [0.29, 0.717) is 17.7 Å². The first kappa shape index (κ1) is 22.9. The van der Waals surface area contributed by atoms with Gasteiger partial charge in [0.2, 0.25) is 0 Å². The number of nitrogens with zero attached hydrogens (tertiary/aromatic N) is 5. The summed E-state index contributed by atoms with van der Waals surface area (Å²) in [4.78, 5) is 27.4. The van der Waals surface area contributed by atoms with E-state index in [4.69, 9.17) is 0 Å². The van der Waals surface area contributed by atoms with Crippen LogP contribution in [-0.4, -0.2) is 51.7 Å². The quantitative estimate of drug-likeness (QED) is 0.388. The lowest BCUT2D eigenvalue weighted by atomic mass is 10.1. The van der Waals surface area contributed by atoms with E-state index >= 15 is 0 Å². The Morgan fingerprint density at radius 3 is 2.29 bits per heavy atom. The summed E-state index contributed by atoms with van der Waals surface area (Å²) < 4.78 is 40.7. The van der Waals surface area contributed by atoms with Crippen LogP contribution >= 0.6 is 0 Å². The monoisotopic (exact) mass is 485 g/mol. The highest BCUT2D eigenvalue weighted by atomic mass is 19.4. The third kappa shape index (κ3) is 4.58. The van der Waals surface area contributed by atoms with Gasteiger partial charge in [-0.05, 0) is 43.2 Å². The number of piperazine rings is 1. The molecule has 0 spiro atoms. The van der Waals surface area contributed by atoms with Crippen LogP contribution in [0.1, 0.15) is 40.5 Å². The van der Waals surface area contributed by atoms with Crippen molar-refractivity contribution >= 4 is 17.3 Å². The first-order chi connectivity index (χ1) is 16.7. The zero-order chi connectivity index (χ0) is 24.7. The van der Waals surface area contributed by atoms with E-state index in [9.17, 15) is 28.1 Å². The van der Waals surface area contributed by atoms with E-state index in [1.54, 1.807) is 14.5 Å². The first-order valence-electron chi connectivity index (χ1n) is 11.3. The number of halogens is 3. The van der Waals surface area contributed by atoms with Crippen molar-refractivity contribution in [1.29, 1.82) is 0 Å². The van der Waals surface area contributed by atoms with Crippen molar-refractivity contribution in [3.05, 3.63) is 81.7 Å². The van der Waals surface area contributed by atoms with Crippen LogP contribution in [-0.2, 0) is 6.18 Å². The van der Waals surface area contributed by atoms with Crippen LogP contribution in [0.25, 0.3) is 5.69 Å². The maximum absolute atomic E-state index is 13.4. The minimum Gasteiger partial charge on any atom is -0.362 e. The summed E-state index contributed by atoms with van der Waals surface area (Å²) in [5.74, 6) is 0.165. The Morgan fingerprint density at radius 2 is 1.69 bits per heavy atom. The number of alkyl halides is 3. The topological polar surface area (TPSA) is 84.5 Å². The lowest BCUT2D eigenvalue weighted by Crippen LogP contribution is -2.49. The molecule has 5 rings (SSSR count). The number of anilines is 1. The third-order valence-electron chi connectivity index (χ3n) is 6.35. The van der Waals surface area contributed by atoms with Gasteiger partial charge >= 0.3 is 6.18 Å². The van der Waals surface area contributed by atoms with E-state index in [-0.39, 0.29) is 37.8 Å². The predicted molar refractivity (Wildman–Crippen MR) is 122 cm³/mol. The summed E-state index contributed by atoms with van der Waals surface area (Å²) in [7, 11) is 0. The number of para-hydroxylation sites is 1. The van der Waals surface area contributed by atoms with Gasteiger partial charge in [-0.2, -0.15) is 18.3 Å². The van der Waals surface area contributed by atoms with Crippen LogP contribution in [0.5, 0.6) is 0 Å². The number of rotatable bonds is 5. The van der Waals surface area contributed by atoms with Gasteiger partial charge in [0.05, 0.1) is 21.9 Å². The van der Waals surface area contributed by atoms with Gasteiger partial charge in [-0.1, -0.05) is 18.2 Å². The Labute approximate surface area is 198 Å². The second-order valence-electron chi connectivity index (χ2n) is 8.71. The van der Waals surface area contributed by atoms with Gasteiger partial charge in [0.25, 0.3) is 11.6 Å². The van der Waals surface area contributed by atoms with Crippen LogP contribution in [0.15, 0.2) is 54.6 Å². The Hall–Kier alpha value is -3.89. The average molecular weight is 485 g/mol. The third-order valence-corrected chi connectivity index (χ3v) is 6.35. The summed E-state index contributed by atoms with van der Waals surface area (Å²) in [6, 6.07) is 13.8. The highest BCUT2D eigenvalue weighted by molar-refractivity contribution is 5.93. The van der Waals surface area contributed by atoms with Gasteiger partial charge in [-0.15, -0.1) is 0 Å². The molecule has 0 bridgehead atoms. The molecule has 2 aliphatic rings. The fourth-order valence-electron chi connectivity index (χ4n) is 4.32. The minimum absolute atomic E-state index is 0.112. The van der Waals surface area contributed by atoms with E-state index < -0.39 is 22.4 Å². The molecule has 1 aliphatic heterocycles. The summed E-state index contributed by atoms with van der Waals surface area (Å²) in [5.41, 5.74) is 0.559. The summed E-state index contributed by atoms with van der Waals surface area (Å²) in [6.07, 6.45) is -2.58. The van der Waals surface area contributed by atoms with Gasteiger partial charge in [0.15, 0.2) is 0 Å². The molecule has 0 atom stereocenters. The van der Waals surface area contributed by atoms with Crippen molar-refractivity contribution in [3.63, 3.8) is 0 Å². The van der Waals surface area contributed by atoms with Crippen LogP contribution in [0.3, 0.4) is 0 Å². The van der Waals surface area contributed by atoms with E-state index in [1.807, 2.05) is 36.4 Å². The molecule has 8 nitrogen and oxygen atoms in total. The number of amides is 1. The molecule has 1 saturated heterocycles. The number of aromatic nitrogens is 2. The zero-order valence-corrected chi connectivity index (χ0v) is 18.6. The molecule has 2 fully saturated rings. The number of nitro benzene ring substituents is 1. The second-order valence-corrected chi connectivity index (χ2v) is 8.71. The molecule has 1 aromatic heterocycles. The number of carbonyl (C=O) groups is 1. The average Bonchev–Trinajstić information content (AvgIpc) is 3.61. The van der Waals surface area contributed by atoms with E-state index in [0.717, 1.165) is 36.4 Å². The number of nitro groups is 1.